The van der Waals surface area contributed by atoms with Crippen LogP contribution in [-0.4, -0.2) is 56.7 Å². The van der Waals surface area contributed by atoms with Crippen molar-refractivity contribution in [2.75, 3.05) is 18.4 Å². The zero-order valence-corrected chi connectivity index (χ0v) is 18.6. The minimum absolute atomic E-state index is 0.00725. The molecule has 34 heavy (non-hydrogen) atoms. The first kappa shape index (κ1) is 23.5. The predicted octanol–water partition coefficient (Wildman–Crippen LogP) is 3.97. The van der Waals surface area contributed by atoms with Crippen LogP contribution in [0.3, 0.4) is 0 Å². The first-order valence-corrected chi connectivity index (χ1v) is 11.0. The maximum atomic E-state index is 12.7. The monoisotopic (exact) mass is 469 g/mol. The molecule has 4 rings (SSSR count). The molecular weight excluding hydrogens is 444 g/mol. The van der Waals surface area contributed by atoms with Gasteiger partial charge in [-0.05, 0) is 49.6 Å². The van der Waals surface area contributed by atoms with E-state index in [9.17, 15) is 18.7 Å². The molecule has 8 nitrogen and oxygen atoms in total. The van der Waals surface area contributed by atoms with Gasteiger partial charge in [0.25, 0.3) is 0 Å². The molecule has 1 fully saturated rings. The summed E-state index contributed by atoms with van der Waals surface area (Å²) in [6, 6.07) is 9.83. The number of carbonyl (C=O) groups is 1. The van der Waals surface area contributed by atoms with Crippen LogP contribution in [0.4, 0.5) is 20.4 Å². The van der Waals surface area contributed by atoms with Crippen LogP contribution in [0.15, 0.2) is 55.0 Å². The van der Waals surface area contributed by atoms with Gasteiger partial charge in [0, 0.05) is 31.0 Å². The third-order valence-corrected chi connectivity index (χ3v) is 5.70. The summed E-state index contributed by atoms with van der Waals surface area (Å²) < 4.78 is 28.9. The molecule has 1 aromatic carbocycles. The van der Waals surface area contributed by atoms with E-state index in [2.05, 4.69) is 25.0 Å². The lowest BCUT2D eigenvalue weighted by molar-refractivity contribution is -0.134. The Labute approximate surface area is 195 Å². The topological polar surface area (TPSA) is 100 Å². The van der Waals surface area contributed by atoms with E-state index in [0.29, 0.717) is 43.3 Å². The molecular formula is C24H25F2N5O3. The summed E-state index contributed by atoms with van der Waals surface area (Å²) in [5, 5.41) is 12.7. The molecule has 2 aromatic heterocycles. The minimum atomic E-state index is -2.86. The zero-order chi connectivity index (χ0) is 24.1. The van der Waals surface area contributed by atoms with Gasteiger partial charge in [0.2, 0.25) is 11.9 Å². The average molecular weight is 469 g/mol. The molecule has 0 spiro atoms. The van der Waals surface area contributed by atoms with Crippen molar-refractivity contribution in [3.63, 3.8) is 0 Å². The van der Waals surface area contributed by atoms with Crippen molar-refractivity contribution < 1.29 is 23.4 Å². The SMILES string of the molecule is CC(C(=O)N1CCC(O)CC1)c1ccc(Nc2ncc(-c3ccc(OC(F)F)cc3)cn2)cn1. The maximum Gasteiger partial charge on any atom is 0.387 e. The molecule has 1 aliphatic rings. The van der Waals surface area contributed by atoms with Gasteiger partial charge in [0.15, 0.2) is 0 Å². The molecule has 178 valence electrons. The highest BCUT2D eigenvalue weighted by molar-refractivity contribution is 5.83. The predicted molar refractivity (Wildman–Crippen MR) is 122 cm³/mol. The average Bonchev–Trinajstić information content (AvgIpc) is 2.85. The number of benzene rings is 1. The van der Waals surface area contributed by atoms with Crippen molar-refractivity contribution in [1.82, 2.24) is 19.9 Å². The fraction of sp³-hybridized carbons (Fsp3) is 0.333. The van der Waals surface area contributed by atoms with Gasteiger partial charge in [-0.3, -0.25) is 9.78 Å². The number of anilines is 2. The van der Waals surface area contributed by atoms with Crippen molar-refractivity contribution in [3.8, 4) is 16.9 Å². The molecule has 10 heteroatoms. The van der Waals surface area contributed by atoms with Crippen molar-refractivity contribution >= 4 is 17.5 Å². The Bertz CT molecular complexity index is 1090. The van der Waals surface area contributed by atoms with E-state index in [1.54, 1.807) is 41.7 Å². The highest BCUT2D eigenvalue weighted by atomic mass is 19.3. The number of ether oxygens (including phenoxy) is 1. The lowest BCUT2D eigenvalue weighted by Crippen LogP contribution is -2.42. The molecule has 0 saturated carbocycles. The third-order valence-electron chi connectivity index (χ3n) is 5.70. The second-order valence-corrected chi connectivity index (χ2v) is 8.07. The number of aliphatic hydroxyl groups is 1. The van der Waals surface area contributed by atoms with Gasteiger partial charge < -0.3 is 20.1 Å². The number of amides is 1. The maximum absolute atomic E-state index is 12.7. The Kier molecular flexibility index (Phi) is 7.27. The third kappa shape index (κ3) is 5.82. The van der Waals surface area contributed by atoms with Gasteiger partial charge in [0.05, 0.1) is 29.6 Å². The Morgan fingerprint density at radius 3 is 2.29 bits per heavy atom. The lowest BCUT2D eigenvalue weighted by atomic mass is 10.0. The molecule has 0 aliphatic carbocycles. The lowest BCUT2D eigenvalue weighted by Gasteiger charge is -2.31. The largest absolute Gasteiger partial charge is 0.435 e. The Morgan fingerprint density at radius 1 is 1.03 bits per heavy atom. The van der Waals surface area contributed by atoms with E-state index in [4.69, 9.17) is 0 Å². The zero-order valence-electron chi connectivity index (χ0n) is 18.6. The number of piperidine rings is 1. The smallest absolute Gasteiger partial charge is 0.387 e. The van der Waals surface area contributed by atoms with Gasteiger partial charge >= 0.3 is 6.61 Å². The summed E-state index contributed by atoms with van der Waals surface area (Å²) in [6.45, 7) is 0.0867. The Balaban J connectivity index is 1.35. The van der Waals surface area contributed by atoms with Crippen molar-refractivity contribution in [2.45, 2.75) is 38.4 Å². The molecule has 1 aliphatic heterocycles. The number of carbonyl (C=O) groups excluding carboxylic acids is 1. The van der Waals surface area contributed by atoms with Crippen LogP contribution in [0.1, 0.15) is 31.4 Å². The number of rotatable bonds is 7. The van der Waals surface area contributed by atoms with Crippen LogP contribution >= 0.6 is 0 Å². The summed E-state index contributed by atoms with van der Waals surface area (Å²) in [5.74, 6) is 0.0803. The molecule has 1 amide bonds. The van der Waals surface area contributed by atoms with Crippen LogP contribution in [0.25, 0.3) is 11.1 Å². The van der Waals surface area contributed by atoms with E-state index in [0.717, 1.165) is 11.1 Å². The summed E-state index contributed by atoms with van der Waals surface area (Å²) in [7, 11) is 0. The molecule has 3 aromatic rings. The number of halogens is 2. The van der Waals surface area contributed by atoms with Crippen molar-refractivity contribution in [3.05, 3.63) is 60.7 Å². The van der Waals surface area contributed by atoms with Gasteiger partial charge in [-0.25, -0.2) is 9.97 Å². The number of alkyl halides is 2. The van der Waals surface area contributed by atoms with Gasteiger partial charge in [0.1, 0.15) is 5.75 Å². The van der Waals surface area contributed by atoms with Gasteiger partial charge in [-0.15, -0.1) is 0 Å². The quantitative estimate of drug-likeness (QED) is 0.540. The van der Waals surface area contributed by atoms with Crippen molar-refractivity contribution in [2.24, 2.45) is 0 Å². The van der Waals surface area contributed by atoms with E-state index < -0.39 is 6.61 Å². The van der Waals surface area contributed by atoms with Crippen LogP contribution in [0, 0.1) is 0 Å². The first-order valence-electron chi connectivity index (χ1n) is 11.0. The van der Waals surface area contributed by atoms with Crippen LogP contribution in [-0.2, 0) is 4.79 Å². The molecule has 0 radical (unpaired) electrons. The second kappa shape index (κ2) is 10.5. The standard InChI is InChI=1S/C24H25F2N5O3/c1-15(22(33)31-10-8-19(32)9-11-31)21-7-4-18(14-27-21)30-24-28-12-17(13-29-24)16-2-5-20(6-3-16)34-23(25)26/h2-7,12-15,19,23,32H,8-11H2,1H3,(H,28,29,30). The fourth-order valence-electron chi connectivity index (χ4n) is 3.72. The molecule has 1 atom stereocenters. The Morgan fingerprint density at radius 2 is 1.71 bits per heavy atom. The number of aliphatic hydroxyl groups excluding tert-OH is 1. The summed E-state index contributed by atoms with van der Waals surface area (Å²) in [6.07, 6.45) is 5.75. The number of aromatic nitrogens is 3. The fourth-order valence-corrected chi connectivity index (χ4v) is 3.72. The number of likely N-dealkylation sites (tertiary alicyclic amines) is 1. The van der Waals surface area contributed by atoms with Gasteiger partial charge in [-0.2, -0.15) is 8.78 Å². The van der Waals surface area contributed by atoms with Crippen LogP contribution < -0.4 is 10.1 Å². The van der Waals surface area contributed by atoms with E-state index >= 15 is 0 Å². The number of hydrogen-bond acceptors (Lipinski definition) is 7. The van der Waals surface area contributed by atoms with E-state index in [-0.39, 0.29) is 23.7 Å². The van der Waals surface area contributed by atoms with Gasteiger partial charge in [-0.1, -0.05) is 12.1 Å². The first-order chi connectivity index (χ1) is 16.4. The van der Waals surface area contributed by atoms with E-state index in [1.807, 2.05) is 13.0 Å². The number of nitrogens with one attached hydrogen (secondary N) is 1. The number of nitrogens with zero attached hydrogens (tertiary/aromatic N) is 4. The van der Waals surface area contributed by atoms with Crippen molar-refractivity contribution in [1.29, 1.82) is 0 Å². The normalized spacial score (nSPS) is 15.3. The number of pyridine rings is 1. The molecule has 0 bridgehead atoms. The number of hydrogen-bond donors (Lipinski definition) is 2. The summed E-state index contributed by atoms with van der Waals surface area (Å²) >= 11 is 0. The highest BCUT2D eigenvalue weighted by Crippen LogP contribution is 2.24. The summed E-state index contributed by atoms with van der Waals surface area (Å²) in [4.78, 5) is 27.5. The molecule has 1 unspecified atom stereocenters. The second-order valence-electron chi connectivity index (χ2n) is 8.07. The minimum Gasteiger partial charge on any atom is -0.435 e. The molecule has 3 heterocycles. The Hall–Kier alpha value is -3.66. The molecule has 1 saturated heterocycles. The molecule has 2 N–H and O–H groups in total. The van der Waals surface area contributed by atoms with Crippen LogP contribution in [0.2, 0.25) is 0 Å². The summed E-state index contributed by atoms with van der Waals surface area (Å²) in [5.41, 5.74) is 2.82. The highest BCUT2D eigenvalue weighted by Gasteiger charge is 2.26. The van der Waals surface area contributed by atoms with E-state index in [1.165, 1.54) is 12.1 Å². The van der Waals surface area contributed by atoms with Crippen LogP contribution in [0.5, 0.6) is 5.75 Å².